The number of fused-ring (bicyclic) bond motifs is 1. The lowest BCUT2D eigenvalue weighted by Gasteiger charge is -2.10. The average Bonchev–Trinajstić information content (AvgIpc) is 3.38. The second-order valence-corrected chi connectivity index (χ2v) is 9.51. The van der Waals surface area contributed by atoms with E-state index >= 15 is 0 Å². The highest BCUT2D eigenvalue weighted by atomic mass is 32.2. The van der Waals surface area contributed by atoms with Crippen molar-refractivity contribution >= 4 is 33.5 Å². The number of ether oxygens (including phenoxy) is 2. The Bertz CT molecular complexity index is 1050. The van der Waals surface area contributed by atoms with Crippen LogP contribution in [0.15, 0.2) is 27.8 Å². The predicted molar refractivity (Wildman–Crippen MR) is 100 cm³/mol. The second-order valence-electron chi connectivity index (χ2n) is 6.35. The SMILES string of the molecule is O=C(CSc1nnc(-c2ccc3c(c2)OCO3)o1)NC(=O)N[C@@H]1CCS(=O)(=O)C1. The van der Waals surface area contributed by atoms with Gasteiger partial charge in [-0.2, -0.15) is 0 Å². The Hall–Kier alpha value is -2.80. The number of aromatic nitrogens is 2. The minimum atomic E-state index is -3.11. The van der Waals surface area contributed by atoms with E-state index in [-0.39, 0.29) is 35.2 Å². The number of hydrogen-bond acceptors (Lipinski definition) is 10. The fourth-order valence-corrected chi connectivity index (χ4v) is 5.07. The van der Waals surface area contributed by atoms with Crippen molar-refractivity contribution in [2.45, 2.75) is 17.7 Å². The van der Waals surface area contributed by atoms with Gasteiger partial charge < -0.3 is 19.2 Å². The zero-order valence-corrected chi connectivity index (χ0v) is 16.5. The number of urea groups is 1. The van der Waals surface area contributed by atoms with Crippen molar-refractivity contribution in [1.82, 2.24) is 20.8 Å². The molecule has 3 amide bonds. The molecule has 1 atom stereocenters. The predicted octanol–water partition coefficient (Wildman–Crippen LogP) is 0.570. The van der Waals surface area contributed by atoms with Gasteiger partial charge in [-0.15, -0.1) is 10.2 Å². The van der Waals surface area contributed by atoms with Crippen molar-refractivity contribution in [2.75, 3.05) is 24.1 Å². The number of carbonyl (C=O) groups is 2. The van der Waals surface area contributed by atoms with Crippen molar-refractivity contribution in [2.24, 2.45) is 0 Å². The molecule has 154 valence electrons. The molecular weight excluding hydrogens is 424 g/mol. The van der Waals surface area contributed by atoms with Crippen LogP contribution in [0.25, 0.3) is 11.5 Å². The number of sulfone groups is 1. The number of rotatable bonds is 5. The first-order valence-electron chi connectivity index (χ1n) is 8.55. The Labute approximate surface area is 169 Å². The minimum absolute atomic E-state index is 0.0324. The molecule has 0 saturated carbocycles. The van der Waals surface area contributed by atoms with E-state index in [0.717, 1.165) is 11.8 Å². The fourth-order valence-electron chi connectivity index (χ4n) is 2.83. The number of amides is 3. The Morgan fingerprint density at radius 3 is 2.83 bits per heavy atom. The lowest BCUT2D eigenvalue weighted by molar-refractivity contribution is -0.117. The number of thioether (sulfide) groups is 1. The van der Waals surface area contributed by atoms with Crippen LogP contribution in [0.5, 0.6) is 11.5 Å². The third-order valence-electron chi connectivity index (χ3n) is 4.17. The van der Waals surface area contributed by atoms with Crippen molar-refractivity contribution in [3.05, 3.63) is 18.2 Å². The summed E-state index contributed by atoms with van der Waals surface area (Å²) < 4.78 is 38.8. The summed E-state index contributed by atoms with van der Waals surface area (Å²) in [6.45, 7) is 0.156. The summed E-state index contributed by atoms with van der Waals surface area (Å²) in [5, 5.41) is 12.6. The van der Waals surface area contributed by atoms with Crippen LogP contribution in [-0.2, 0) is 14.6 Å². The molecule has 0 aliphatic carbocycles. The summed E-state index contributed by atoms with van der Waals surface area (Å²) in [5.74, 6) is 0.684. The summed E-state index contributed by atoms with van der Waals surface area (Å²) in [6.07, 6.45) is 0.337. The van der Waals surface area contributed by atoms with E-state index in [9.17, 15) is 18.0 Å². The van der Waals surface area contributed by atoms with E-state index in [4.69, 9.17) is 13.9 Å². The summed E-state index contributed by atoms with van der Waals surface area (Å²) in [6, 6.07) is 3.97. The molecule has 2 aliphatic heterocycles. The summed E-state index contributed by atoms with van der Waals surface area (Å²) in [7, 11) is -3.11. The zero-order chi connectivity index (χ0) is 20.4. The molecule has 0 unspecified atom stereocenters. The Morgan fingerprint density at radius 1 is 1.21 bits per heavy atom. The van der Waals surface area contributed by atoms with Crippen LogP contribution in [0.4, 0.5) is 4.79 Å². The van der Waals surface area contributed by atoms with E-state index in [2.05, 4.69) is 20.8 Å². The molecule has 0 spiro atoms. The number of carbonyl (C=O) groups excluding carboxylic acids is 2. The zero-order valence-electron chi connectivity index (χ0n) is 14.9. The monoisotopic (exact) mass is 440 g/mol. The smallest absolute Gasteiger partial charge is 0.321 e. The molecule has 29 heavy (non-hydrogen) atoms. The van der Waals surface area contributed by atoms with E-state index in [0.29, 0.717) is 23.5 Å². The van der Waals surface area contributed by atoms with Gasteiger partial charge in [-0.05, 0) is 24.6 Å². The normalized spacial score (nSPS) is 19.1. The third kappa shape index (κ3) is 4.79. The summed E-state index contributed by atoms with van der Waals surface area (Å²) in [5.41, 5.74) is 0.643. The lowest BCUT2D eigenvalue weighted by Crippen LogP contribution is -2.45. The van der Waals surface area contributed by atoms with Crippen molar-refractivity contribution in [3.63, 3.8) is 0 Å². The van der Waals surface area contributed by atoms with Gasteiger partial charge >= 0.3 is 6.03 Å². The number of benzene rings is 1. The maximum atomic E-state index is 11.9. The van der Waals surface area contributed by atoms with Gasteiger partial charge in [0.1, 0.15) is 0 Å². The van der Waals surface area contributed by atoms with Crippen LogP contribution < -0.4 is 20.1 Å². The van der Waals surface area contributed by atoms with Gasteiger partial charge in [-0.3, -0.25) is 10.1 Å². The third-order valence-corrected chi connectivity index (χ3v) is 6.76. The molecule has 2 N–H and O–H groups in total. The van der Waals surface area contributed by atoms with Gasteiger partial charge in [0.05, 0.1) is 17.3 Å². The van der Waals surface area contributed by atoms with Crippen molar-refractivity contribution in [3.8, 4) is 23.0 Å². The molecule has 0 bridgehead atoms. The number of imide groups is 1. The van der Waals surface area contributed by atoms with Crippen molar-refractivity contribution < 1.29 is 31.9 Å². The maximum Gasteiger partial charge on any atom is 0.321 e. The molecule has 2 aliphatic rings. The van der Waals surface area contributed by atoms with E-state index in [1.54, 1.807) is 18.2 Å². The summed E-state index contributed by atoms with van der Waals surface area (Å²) in [4.78, 5) is 23.7. The number of nitrogens with zero attached hydrogens (tertiary/aromatic N) is 2. The highest BCUT2D eigenvalue weighted by Crippen LogP contribution is 2.35. The van der Waals surface area contributed by atoms with Gasteiger partial charge in [-0.1, -0.05) is 11.8 Å². The molecule has 1 fully saturated rings. The molecule has 1 aromatic carbocycles. The molecular formula is C16H16N4O7S2. The van der Waals surface area contributed by atoms with Gasteiger partial charge in [-0.25, -0.2) is 13.2 Å². The Balaban J connectivity index is 1.26. The lowest BCUT2D eigenvalue weighted by atomic mass is 10.2. The van der Waals surface area contributed by atoms with Crippen molar-refractivity contribution in [1.29, 1.82) is 0 Å². The minimum Gasteiger partial charge on any atom is -0.454 e. The molecule has 1 saturated heterocycles. The first kappa shape index (κ1) is 19.5. The molecule has 11 nitrogen and oxygen atoms in total. The molecule has 1 aromatic heterocycles. The number of nitrogens with one attached hydrogen (secondary N) is 2. The molecule has 13 heteroatoms. The Kier molecular flexibility index (Phi) is 5.32. The molecule has 4 rings (SSSR count). The molecule has 0 radical (unpaired) electrons. The van der Waals surface area contributed by atoms with Gasteiger partial charge in [0.15, 0.2) is 21.3 Å². The maximum absolute atomic E-state index is 11.9. The van der Waals surface area contributed by atoms with Gasteiger partial charge in [0.25, 0.3) is 5.22 Å². The van der Waals surface area contributed by atoms with E-state index in [1.807, 2.05) is 0 Å². The Morgan fingerprint density at radius 2 is 2.03 bits per heavy atom. The highest BCUT2D eigenvalue weighted by molar-refractivity contribution is 7.99. The van der Waals surface area contributed by atoms with E-state index < -0.39 is 27.8 Å². The summed E-state index contributed by atoms with van der Waals surface area (Å²) >= 11 is 0.970. The van der Waals surface area contributed by atoms with E-state index in [1.165, 1.54) is 0 Å². The first-order valence-corrected chi connectivity index (χ1v) is 11.4. The standard InChI is InChI=1S/C16H16N4O7S2/c21-13(18-15(22)17-10-3-4-29(23,24)7-10)6-28-16-20-19-14(27-16)9-1-2-11-12(5-9)26-8-25-11/h1-2,5,10H,3-4,6-8H2,(H2,17,18,21,22)/t10-/m1/s1. The average molecular weight is 440 g/mol. The van der Waals surface area contributed by atoms with Gasteiger partial charge in [0, 0.05) is 11.6 Å². The van der Waals surface area contributed by atoms with Gasteiger partial charge in [0.2, 0.25) is 18.6 Å². The van der Waals surface area contributed by atoms with Crippen LogP contribution in [0.3, 0.4) is 0 Å². The number of hydrogen-bond donors (Lipinski definition) is 2. The molecule has 2 aromatic rings. The quantitative estimate of drug-likeness (QED) is 0.632. The van der Waals surface area contributed by atoms with Crippen LogP contribution in [0.1, 0.15) is 6.42 Å². The topological polar surface area (TPSA) is 150 Å². The second kappa shape index (κ2) is 7.91. The highest BCUT2D eigenvalue weighted by Gasteiger charge is 2.29. The van der Waals surface area contributed by atoms with Crippen LogP contribution >= 0.6 is 11.8 Å². The van der Waals surface area contributed by atoms with Crippen LogP contribution in [-0.4, -0.2) is 60.6 Å². The first-order chi connectivity index (χ1) is 13.9. The van der Waals surface area contributed by atoms with Crippen LogP contribution in [0, 0.1) is 0 Å². The largest absolute Gasteiger partial charge is 0.454 e. The molecule has 3 heterocycles. The fraction of sp³-hybridized carbons (Fsp3) is 0.375. The van der Waals surface area contributed by atoms with Crippen LogP contribution in [0.2, 0.25) is 0 Å².